The Morgan fingerprint density at radius 2 is 2.14 bits per heavy atom. The molecule has 28 heavy (non-hydrogen) atoms. The molecule has 0 unspecified atom stereocenters. The van der Waals surface area contributed by atoms with Crippen LogP contribution in [-0.4, -0.2) is 38.5 Å². The standard InChI is InChI=1S/C19H23N5O2S2/c1-12-22-23-19(24(12)13-6-4-3-5-7-13)27-11-17(25)21-18-20-15-9-8-14(26-2)10-16(15)28-18/h8-10,13H,3-7,11H2,1-2H3,(H,20,21,25). The molecule has 0 aliphatic heterocycles. The Hall–Kier alpha value is -2.13. The SMILES string of the molecule is COc1ccc2nc(NC(=O)CSc3nnc(C)n3C3CCCCC3)sc2c1. The average molecular weight is 418 g/mol. The molecule has 9 heteroatoms. The van der Waals surface area contributed by atoms with Crippen LogP contribution in [0, 0.1) is 6.92 Å². The number of carbonyl (C=O) groups excluding carboxylic acids is 1. The van der Waals surface area contributed by atoms with Gasteiger partial charge in [-0.3, -0.25) is 4.79 Å². The van der Waals surface area contributed by atoms with E-state index in [0.717, 1.165) is 39.8 Å². The van der Waals surface area contributed by atoms with Crippen LogP contribution in [0.25, 0.3) is 10.2 Å². The number of benzene rings is 1. The molecule has 0 spiro atoms. The Morgan fingerprint density at radius 1 is 1.32 bits per heavy atom. The molecular weight excluding hydrogens is 394 g/mol. The van der Waals surface area contributed by atoms with Gasteiger partial charge in [-0.2, -0.15) is 0 Å². The van der Waals surface area contributed by atoms with Gasteiger partial charge in [-0.25, -0.2) is 4.98 Å². The third kappa shape index (κ3) is 4.15. The fraction of sp³-hybridized carbons (Fsp3) is 0.474. The van der Waals surface area contributed by atoms with Gasteiger partial charge in [-0.05, 0) is 38.0 Å². The van der Waals surface area contributed by atoms with Gasteiger partial charge in [0.25, 0.3) is 0 Å². The van der Waals surface area contributed by atoms with E-state index in [0.29, 0.717) is 11.2 Å². The lowest BCUT2D eigenvalue weighted by Gasteiger charge is -2.24. The Balaban J connectivity index is 1.40. The molecule has 7 nitrogen and oxygen atoms in total. The number of thioether (sulfide) groups is 1. The Bertz CT molecular complexity index is 978. The minimum absolute atomic E-state index is 0.0909. The number of aryl methyl sites for hydroxylation is 1. The molecule has 2 heterocycles. The highest BCUT2D eigenvalue weighted by Gasteiger charge is 2.22. The average Bonchev–Trinajstić information content (AvgIpc) is 3.28. The Morgan fingerprint density at radius 3 is 2.93 bits per heavy atom. The van der Waals surface area contributed by atoms with Crippen molar-refractivity contribution in [2.24, 2.45) is 0 Å². The summed E-state index contributed by atoms with van der Waals surface area (Å²) in [5, 5.41) is 12.8. The summed E-state index contributed by atoms with van der Waals surface area (Å²) in [6, 6.07) is 6.13. The van der Waals surface area contributed by atoms with Crippen LogP contribution in [0.15, 0.2) is 23.4 Å². The summed E-state index contributed by atoms with van der Waals surface area (Å²) in [7, 11) is 1.63. The topological polar surface area (TPSA) is 81.9 Å². The number of thiazole rings is 1. The molecule has 1 saturated carbocycles. The number of hydrogen-bond donors (Lipinski definition) is 1. The second-order valence-corrected chi connectivity index (χ2v) is 8.85. The summed E-state index contributed by atoms with van der Waals surface area (Å²) in [6.45, 7) is 1.99. The van der Waals surface area contributed by atoms with Crippen molar-refractivity contribution in [3.63, 3.8) is 0 Å². The van der Waals surface area contributed by atoms with E-state index in [9.17, 15) is 4.79 Å². The summed E-state index contributed by atoms with van der Waals surface area (Å²) < 4.78 is 8.43. The second-order valence-electron chi connectivity index (χ2n) is 6.88. The molecule has 1 fully saturated rings. The van der Waals surface area contributed by atoms with E-state index >= 15 is 0 Å². The molecule has 2 aromatic heterocycles. The highest BCUT2D eigenvalue weighted by Crippen LogP contribution is 2.33. The zero-order chi connectivity index (χ0) is 19.5. The number of fused-ring (bicyclic) bond motifs is 1. The number of anilines is 1. The van der Waals surface area contributed by atoms with Gasteiger partial charge >= 0.3 is 0 Å². The van der Waals surface area contributed by atoms with Crippen molar-refractivity contribution >= 4 is 44.4 Å². The Labute approximate surface area is 171 Å². The Kier molecular flexibility index (Phi) is 5.82. The molecule has 0 radical (unpaired) electrons. The monoisotopic (exact) mass is 417 g/mol. The molecule has 3 aromatic rings. The molecule has 4 rings (SSSR count). The maximum atomic E-state index is 12.4. The predicted octanol–water partition coefficient (Wildman–Crippen LogP) is 4.44. The summed E-state index contributed by atoms with van der Waals surface area (Å²) in [4.78, 5) is 16.9. The lowest BCUT2D eigenvalue weighted by Crippen LogP contribution is -2.17. The van der Waals surface area contributed by atoms with Crippen LogP contribution in [-0.2, 0) is 4.79 Å². The summed E-state index contributed by atoms with van der Waals surface area (Å²) in [6.07, 6.45) is 6.11. The normalized spacial score (nSPS) is 15.1. The van der Waals surface area contributed by atoms with E-state index in [1.165, 1.54) is 42.4 Å². The summed E-state index contributed by atoms with van der Waals surface area (Å²) >= 11 is 2.88. The quantitative estimate of drug-likeness (QED) is 0.597. The van der Waals surface area contributed by atoms with Gasteiger partial charge in [-0.1, -0.05) is 42.4 Å². The van der Waals surface area contributed by atoms with Crippen molar-refractivity contribution in [2.45, 2.75) is 50.2 Å². The van der Waals surface area contributed by atoms with E-state index in [1.54, 1.807) is 7.11 Å². The van der Waals surface area contributed by atoms with Crippen molar-refractivity contribution in [1.82, 2.24) is 19.7 Å². The molecule has 0 atom stereocenters. The fourth-order valence-electron chi connectivity index (χ4n) is 3.58. The van der Waals surface area contributed by atoms with E-state index in [-0.39, 0.29) is 11.7 Å². The molecule has 1 amide bonds. The van der Waals surface area contributed by atoms with E-state index in [4.69, 9.17) is 4.74 Å². The maximum absolute atomic E-state index is 12.4. The molecule has 1 N–H and O–H groups in total. The van der Waals surface area contributed by atoms with Crippen LogP contribution in [0.2, 0.25) is 0 Å². The number of methoxy groups -OCH3 is 1. The number of nitrogens with one attached hydrogen (secondary N) is 1. The molecule has 0 bridgehead atoms. The lowest BCUT2D eigenvalue weighted by molar-refractivity contribution is -0.113. The van der Waals surface area contributed by atoms with Crippen molar-refractivity contribution in [2.75, 3.05) is 18.2 Å². The number of nitrogens with zero attached hydrogens (tertiary/aromatic N) is 4. The molecule has 148 valence electrons. The zero-order valence-electron chi connectivity index (χ0n) is 16.0. The molecule has 1 aliphatic carbocycles. The minimum atomic E-state index is -0.0909. The van der Waals surface area contributed by atoms with Gasteiger partial charge in [0.15, 0.2) is 10.3 Å². The first kappa shape index (κ1) is 19.2. The fourth-order valence-corrected chi connectivity index (χ4v) is 5.34. The molecule has 1 aliphatic rings. The first-order valence-electron chi connectivity index (χ1n) is 9.43. The zero-order valence-corrected chi connectivity index (χ0v) is 17.6. The van der Waals surface area contributed by atoms with E-state index < -0.39 is 0 Å². The number of carbonyl (C=O) groups is 1. The van der Waals surface area contributed by atoms with Gasteiger partial charge in [0.1, 0.15) is 11.6 Å². The highest BCUT2D eigenvalue weighted by atomic mass is 32.2. The minimum Gasteiger partial charge on any atom is -0.497 e. The van der Waals surface area contributed by atoms with E-state index in [2.05, 4.69) is 25.1 Å². The predicted molar refractivity (Wildman–Crippen MR) is 112 cm³/mol. The van der Waals surface area contributed by atoms with Crippen LogP contribution >= 0.6 is 23.1 Å². The number of hydrogen-bond acceptors (Lipinski definition) is 7. The summed E-state index contributed by atoms with van der Waals surface area (Å²) in [5.74, 6) is 1.90. The third-order valence-electron chi connectivity index (χ3n) is 4.95. The molecule has 1 aromatic carbocycles. The number of ether oxygens (including phenoxy) is 1. The van der Waals surface area contributed by atoms with Crippen LogP contribution in [0.5, 0.6) is 5.75 Å². The summed E-state index contributed by atoms with van der Waals surface area (Å²) in [5.41, 5.74) is 0.849. The first-order valence-corrected chi connectivity index (χ1v) is 11.2. The van der Waals surface area contributed by atoms with Crippen LogP contribution in [0.3, 0.4) is 0 Å². The highest BCUT2D eigenvalue weighted by molar-refractivity contribution is 7.99. The van der Waals surface area contributed by atoms with Gasteiger partial charge in [0.2, 0.25) is 5.91 Å². The van der Waals surface area contributed by atoms with Crippen LogP contribution in [0.1, 0.15) is 44.0 Å². The second kappa shape index (κ2) is 8.48. The van der Waals surface area contributed by atoms with Crippen molar-refractivity contribution < 1.29 is 9.53 Å². The van der Waals surface area contributed by atoms with Crippen molar-refractivity contribution in [3.05, 3.63) is 24.0 Å². The van der Waals surface area contributed by atoms with Gasteiger partial charge in [0.05, 0.1) is 23.1 Å². The third-order valence-corrected chi connectivity index (χ3v) is 6.83. The van der Waals surface area contributed by atoms with Gasteiger partial charge in [-0.15, -0.1) is 10.2 Å². The van der Waals surface area contributed by atoms with Crippen LogP contribution < -0.4 is 10.1 Å². The maximum Gasteiger partial charge on any atom is 0.236 e. The lowest BCUT2D eigenvalue weighted by atomic mass is 9.95. The molecular formula is C19H23N5O2S2. The number of amides is 1. The van der Waals surface area contributed by atoms with Crippen molar-refractivity contribution in [1.29, 1.82) is 0 Å². The first-order chi connectivity index (χ1) is 13.6. The molecule has 0 saturated heterocycles. The number of aromatic nitrogens is 4. The smallest absolute Gasteiger partial charge is 0.236 e. The van der Waals surface area contributed by atoms with Crippen LogP contribution in [0.4, 0.5) is 5.13 Å². The number of rotatable bonds is 6. The van der Waals surface area contributed by atoms with Crippen molar-refractivity contribution in [3.8, 4) is 5.75 Å². The van der Waals surface area contributed by atoms with E-state index in [1.807, 2.05) is 25.1 Å². The van der Waals surface area contributed by atoms with Gasteiger partial charge in [0, 0.05) is 6.04 Å². The van der Waals surface area contributed by atoms with Gasteiger partial charge < -0.3 is 14.6 Å². The largest absolute Gasteiger partial charge is 0.497 e.